The first-order chi connectivity index (χ1) is 5.79. The molecule has 1 rings (SSSR count). The van der Waals surface area contributed by atoms with E-state index in [0.717, 1.165) is 25.8 Å². The van der Waals surface area contributed by atoms with E-state index in [1.165, 1.54) is 0 Å². The van der Waals surface area contributed by atoms with Gasteiger partial charge in [-0.1, -0.05) is 6.92 Å². The second-order valence-electron chi connectivity index (χ2n) is 3.42. The van der Waals surface area contributed by atoms with Crippen molar-refractivity contribution in [1.82, 2.24) is 4.90 Å². The van der Waals surface area contributed by atoms with Crippen molar-refractivity contribution in [3.63, 3.8) is 0 Å². The fraction of sp³-hybridized carbons (Fsp3) is 1.00. The zero-order valence-corrected chi connectivity index (χ0v) is 7.74. The van der Waals surface area contributed by atoms with Crippen molar-refractivity contribution in [2.24, 2.45) is 0 Å². The quantitative estimate of drug-likeness (QED) is 0.639. The van der Waals surface area contributed by atoms with Gasteiger partial charge >= 0.3 is 0 Å². The van der Waals surface area contributed by atoms with E-state index in [2.05, 4.69) is 11.8 Å². The minimum Gasteiger partial charge on any atom is -0.395 e. The van der Waals surface area contributed by atoms with Crippen LogP contribution in [0.3, 0.4) is 0 Å². The molecule has 3 nitrogen and oxygen atoms in total. The highest BCUT2D eigenvalue weighted by Crippen LogP contribution is 2.23. The molecule has 2 atom stereocenters. The van der Waals surface area contributed by atoms with Gasteiger partial charge in [0, 0.05) is 12.6 Å². The lowest BCUT2D eigenvalue weighted by Gasteiger charge is -2.28. The van der Waals surface area contributed by atoms with Crippen LogP contribution < -0.4 is 0 Å². The minimum absolute atomic E-state index is 0.170. The molecule has 72 valence electrons. The maximum absolute atomic E-state index is 9.59. The maximum Gasteiger partial charge on any atom is 0.0695 e. The lowest BCUT2D eigenvalue weighted by atomic mass is 10.2. The normalized spacial score (nSPS) is 30.0. The molecule has 0 aromatic carbocycles. The Kier molecular flexibility index (Phi) is 3.98. The van der Waals surface area contributed by atoms with Crippen LogP contribution in [0.25, 0.3) is 0 Å². The molecule has 0 amide bonds. The van der Waals surface area contributed by atoms with Gasteiger partial charge in [0.05, 0.1) is 12.7 Å². The molecular formula is C9H19NO2. The van der Waals surface area contributed by atoms with Gasteiger partial charge in [-0.05, 0) is 25.8 Å². The Morgan fingerprint density at radius 1 is 1.42 bits per heavy atom. The fourth-order valence-electron chi connectivity index (χ4n) is 2.03. The summed E-state index contributed by atoms with van der Waals surface area (Å²) in [6, 6.07) is 0.294. The largest absolute Gasteiger partial charge is 0.395 e. The van der Waals surface area contributed by atoms with E-state index in [0.29, 0.717) is 12.6 Å². The lowest BCUT2D eigenvalue weighted by molar-refractivity contribution is 0.0627. The Balaban J connectivity index is 2.41. The zero-order valence-electron chi connectivity index (χ0n) is 7.74. The number of hydrogen-bond acceptors (Lipinski definition) is 3. The van der Waals surface area contributed by atoms with Crippen LogP contribution >= 0.6 is 0 Å². The van der Waals surface area contributed by atoms with Gasteiger partial charge < -0.3 is 10.2 Å². The molecule has 0 aromatic heterocycles. The molecule has 0 bridgehead atoms. The maximum atomic E-state index is 9.59. The molecule has 0 aliphatic heterocycles. The topological polar surface area (TPSA) is 43.7 Å². The first kappa shape index (κ1) is 9.96. The first-order valence-electron chi connectivity index (χ1n) is 4.82. The molecular weight excluding hydrogens is 154 g/mol. The van der Waals surface area contributed by atoms with Gasteiger partial charge in [0.1, 0.15) is 0 Å². The van der Waals surface area contributed by atoms with Gasteiger partial charge in [0.25, 0.3) is 0 Å². The number of likely N-dealkylation sites (N-methyl/N-ethyl adjacent to an activating group) is 1. The number of rotatable bonds is 4. The van der Waals surface area contributed by atoms with Crippen LogP contribution in [0.1, 0.15) is 26.2 Å². The van der Waals surface area contributed by atoms with Crippen molar-refractivity contribution in [1.29, 1.82) is 0 Å². The average molecular weight is 173 g/mol. The molecule has 0 unspecified atom stereocenters. The Bertz CT molecular complexity index is 130. The fourth-order valence-corrected chi connectivity index (χ4v) is 2.03. The lowest BCUT2D eigenvalue weighted by Crippen LogP contribution is -2.41. The van der Waals surface area contributed by atoms with E-state index in [9.17, 15) is 5.11 Å². The molecule has 0 radical (unpaired) electrons. The van der Waals surface area contributed by atoms with Crippen molar-refractivity contribution in [2.75, 3.05) is 19.7 Å². The predicted octanol–water partition coefficient (Wildman–Crippen LogP) is 0.214. The summed E-state index contributed by atoms with van der Waals surface area (Å²) in [6.07, 6.45) is 2.95. The van der Waals surface area contributed by atoms with E-state index in [-0.39, 0.29) is 12.7 Å². The number of nitrogens with zero attached hydrogens (tertiary/aromatic N) is 1. The van der Waals surface area contributed by atoms with Crippen molar-refractivity contribution in [2.45, 2.75) is 38.3 Å². The third-order valence-electron chi connectivity index (χ3n) is 2.71. The van der Waals surface area contributed by atoms with Crippen molar-refractivity contribution >= 4 is 0 Å². The van der Waals surface area contributed by atoms with Crippen LogP contribution in [0.15, 0.2) is 0 Å². The summed E-state index contributed by atoms with van der Waals surface area (Å²) >= 11 is 0. The van der Waals surface area contributed by atoms with Crippen molar-refractivity contribution in [3.8, 4) is 0 Å². The van der Waals surface area contributed by atoms with E-state index < -0.39 is 0 Å². The monoisotopic (exact) mass is 173 g/mol. The second-order valence-corrected chi connectivity index (χ2v) is 3.42. The van der Waals surface area contributed by atoms with Gasteiger partial charge in [-0.15, -0.1) is 0 Å². The van der Waals surface area contributed by atoms with E-state index in [4.69, 9.17) is 5.11 Å². The second kappa shape index (κ2) is 4.80. The molecule has 0 aromatic rings. The van der Waals surface area contributed by atoms with Crippen LogP contribution in [0.2, 0.25) is 0 Å². The summed E-state index contributed by atoms with van der Waals surface area (Å²) in [4.78, 5) is 2.16. The Morgan fingerprint density at radius 3 is 2.58 bits per heavy atom. The predicted molar refractivity (Wildman–Crippen MR) is 48.0 cm³/mol. The van der Waals surface area contributed by atoms with Gasteiger partial charge in [-0.25, -0.2) is 0 Å². The summed E-state index contributed by atoms with van der Waals surface area (Å²) in [5, 5.41) is 18.4. The Labute approximate surface area is 74.0 Å². The van der Waals surface area contributed by atoms with Gasteiger partial charge in [0.2, 0.25) is 0 Å². The van der Waals surface area contributed by atoms with Crippen LogP contribution in [-0.4, -0.2) is 47.0 Å². The van der Waals surface area contributed by atoms with E-state index in [1.54, 1.807) is 0 Å². The van der Waals surface area contributed by atoms with Gasteiger partial charge in [-0.2, -0.15) is 0 Å². The molecule has 3 heteroatoms. The van der Waals surface area contributed by atoms with Crippen LogP contribution in [0, 0.1) is 0 Å². The van der Waals surface area contributed by atoms with E-state index >= 15 is 0 Å². The Hall–Kier alpha value is -0.120. The molecule has 0 saturated heterocycles. The molecule has 2 N–H and O–H groups in total. The first-order valence-corrected chi connectivity index (χ1v) is 4.82. The summed E-state index contributed by atoms with van der Waals surface area (Å²) < 4.78 is 0. The van der Waals surface area contributed by atoms with Gasteiger partial charge in [-0.3, -0.25) is 4.90 Å². The van der Waals surface area contributed by atoms with Crippen molar-refractivity contribution < 1.29 is 10.2 Å². The molecule has 1 aliphatic carbocycles. The molecule has 0 spiro atoms. The minimum atomic E-state index is -0.170. The average Bonchev–Trinajstić information content (AvgIpc) is 2.47. The third-order valence-corrected chi connectivity index (χ3v) is 2.71. The molecule has 0 heterocycles. The van der Waals surface area contributed by atoms with Crippen LogP contribution in [0.4, 0.5) is 0 Å². The summed E-state index contributed by atoms with van der Waals surface area (Å²) in [5.74, 6) is 0. The van der Waals surface area contributed by atoms with Crippen LogP contribution in [0.5, 0.6) is 0 Å². The number of aliphatic hydroxyl groups excluding tert-OH is 2. The summed E-state index contributed by atoms with van der Waals surface area (Å²) in [7, 11) is 0. The van der Waals surface area contributed by atoms with Crippen molar-refractivity contribution in [3.05, 3.63) is 0 Å². The van der Waals surface area contributed by atoms with Gasteiger partial charge in [0.15, 0.2) is 0 Å². The highest BCUT2D eigenvalue weighted by molar-refractivity contribution is 4.84. The number of hydrogen-bond donors (Lipinski definition) is 2. The number of aliphatic hydroxyl groups is 2. The Morgan fingerprint density at radius 2 is 2.17 bits per heavy atom. The molecule has 1 fully saturated rings. The molecule has 12 heavy (non-hydrogen) atoms. The van der Waals surface area contributed by atoms with Crippen LogP contribution in [-0.2, 0) is 0 Å². The third kappa shape index (κ3) is 2.19. The van der Waals surface area contributed by atoms with E-state index in [1.807, 2.05) is 0 Å². The summed E-state index contributed by atoms with van der Waals surface area (Å²) in [6.45, 7) is 3.87. The smallest absolute Gasteiger partial charge is 0.0695 e. The molecule has 1 saturated carbocycles. The molecule has 1 aliphatic rings. The standard InChI is InChI=1S/C9H19NO2/c1-2-10(6-7-11)8-4-3-5-9(8)12/h8-9,11-12H,2-7H2,1H3/t8-,9-/m1/s1. The summed E-state index contributed by atoms with van der Waals surface area (Å²) in [5.41, 5.74) is 0. The SMILES string of the molecule is CCN(CCO)[C@@H]1CCC[C@H]1O. The zero-order chi connectivity index (χ0) is 8.97. The highest BCUT2D eigenvalue weighted by Gasteiger charge is 2.29. The highest BCUT2D eigenvalue weighted by atomic mass is 16.3.